The number of aliphatic hydroxyl groups is 1. The summed E-state index contributed by atoms with van der Waals surface area (Å²) < 4.78 is 1.35. The van der Waals surface area contributed by atoms with Crippen LogP contribution in [0.3, 0.4) is 0 Å². The molecule has 19 heavy (non-hydrogen) atoms. The molecule has 0 fully saturated rings. The van der Waals surface area contributed by atoms with Gasteiger partial charge in [0.05, 0.1) is 6.10 Å². The molecule has 3 heteroatoms. The van der Waals surface area contributed by atoms with E-state index in [9.17, 15) is 5.11 Å². The van der Waals surface area contributed by atoms with Gasteiger partial charge in [-0.25, -0.2) is 0 Å². The molecule has 104 valence electrons. The van der Waals surface area contributed by atoms with Crippen molar-refractivity contribution in [3.63, 3.8) is 0 Å². The predicted molar refractivity (Wildman–Crippen MR) is 83.6 cm³/mol. The zero-order valence-corrected chi connectivity index (χ0v) is 12.8. The summed E-state index contributed by atoms with van der Waals surface area (Å²) in [5.41, 5.74) is 1.49. The number of fused-ring (bicyclic) bond motifs is 1. The second kappa shape index (κ2) is 6.04. The lowest BCUT2D eigenvalue weighted by molar-refractivity contribution is 0.128. The molecule has 2 nitrogen and oxygen atoms in total. The van der Waals surface area contributed by atoms with E-state index in [1.165, 1.54) is 15.6 Å². The summed E-state index contributed by atoms with van der Waals surface area (Å²) in [5, 5.41) is 16.6. The predicted octanol–water partition coefficient (Wildman–Crippen LogP) is 3.79. The van der Waals surface area contributed by atoms with E-state index in [0.717, 1.165) is 19.5 Å². The van der Waals surface area contributed by atoms with E-state index in [1.54, 1.807) is 11.3 Å². The molecule has 0 saturated carbocycles. The molecular formula is C16H23NOS. The Labute approximate surface area is 119 Å². The fourth-order valence-corrected chi connectivity index (χ4v) is 3.54. The van der Waals surface area contributed by atoms with Crippen molar-refractivity contribution in [2.24, 2.45) is 5.41 Å². The summed E-state index contributed by atoms with van der Waals surface area (Å²) in [6.45, 7) is 8.06. The molecule has 2 aromatic rings. The molecule has 2 rings (SSSR count). The molecule has 0 radical (unpaired) electrons. The lowest BCUT2D eigenvalue weighted by Crippen LogP contribution is -2.31. The highest BCUT2D eigenvalue weighted by Crippen LogP contribution is 2.26. The smallest absolute Gasteiger partial charge is 0.0517 e. The number of thiophene rings is 1. The fourth-order valence-electron chi connectivity index (χ4n) is 2.58. The molecule has 0 aliphatic rings. The maximum Gasteiger partial charge on any atom is 0.0517 e. The van der Waals surface area contributed by atoms with Crippen LogP contribution in [0.2, 0.25) is 0 Å². The van der Waals surface area contributed by atoms with Gasteiger partial charge in [0.15, 0.2) is 0 Å². The Bertz CT molecular complexity index is 530. The van der Waals surface area contributed by atoms with Gasteiger partial charge in [-0.05, 0) is 41.2 Å². The number of aliphatic hydroxyl groups excluding tert-OH is 1. The summed E-state index contributed by atoms with van der Waals surface area (Å²) in [6, 6.07) is 8.53. The Morgan fingerprint density at radius 1 is 1.32 bits per heavy atom. The van der Waals surface area contributed by atoms with Crippen molar-refractivity contribution in [3.8, 4) is 0 Å². The van der Waals surface area contributed by atoms with Crippen molar-refractivity contribution < 1.29 is 5.11 Å². The van der Waals surface area contributed by atoms with E-state index in [4.69, 9.17) is 0 Å². The maximum absolute atomic E-state index is 9.49. The van der Waals surface area contributed by atoms with Crippen molar-refractivity contribution in [2.75, 3.05) is 6.54 Å². The van der Waals surface area contributed by atoms with Gasteiger partial charge in [0, 0.05) is 17.8 Å². The first-order valence-corrected chi connectivity index (χ1v) is 7.70. The second-order valence-corrected chi connectivity index (χ2v) is 6.99. The third-order valence-electron chi connectivity index (χ3n) is 3.33. The molecule has 2 N–H and O–H groups in total. The van der Waals surface area contributed by atoms with Crippen LogP contribution in [0, 0.1) is 5.41 Å². The number of nitrogens with one attached hydrogen (secondary N) is 1. The summed E-state index contributed by atoms with van der Waals surface area (Å²) >= 11 is 1.80. The normalized spacial score (nSPS) is 13.9. The van der Waals surface area contributed by atoms with Crippen LogP contribution in [0.4, 0.5) is 0 Å². The third-order valence-corrected chi connectivity index (χ3v) is 4.34. The average Bonchev–Trinajstić information content (AvgIpc) is 2.71. The Morgan fingerprint density at radius 3 is 2.79 bits per heavy atom. The first-order chi connectivity index (χ1) is 8.98. The Hall–Kier alpha value is -0.900. The maximum atomic E-state index is 9.49. The van der Waals surface area contributed by atoms with Gasteiger partial charge in [0.25, 0.3) is 0 Å². The highest BCUT2D eigenvalue weighted by Gasteiger charge is 2.19. The van der Waals surface area contributed by atoms with Crippen LogP contribution in [0.5, 0.6) is 0 Å². The van der Waals surface area contributed by atoms with Crippen LogP contribution >= 0.6 is 11.3 Å². The Kier molecular flexibility index (Phi) is 4.61. The fraction of sp³-hybridized carbons (Fsp3) is 0.500. The van der Waals surface area contributed by atoms with Crippen LogP contribution in [-0.4, -0.2) is 17.8 Å². The molecule has 1 aromatic carbocycles. The van der Waals surface area contributed by atoms with Gasteiger partial charge in [0.2, 0.25) is 0 Å². The minimum absolute atomic E-state index is 0.125. The highest BCUT2D eigenvalue weighted by atomic mass is 32.1. The lowest BCUT2D eigenvalue weighted by atomic mass is 9.87. The van der Waals surface area contributed by atoms with Gasteiger partial charge >= 0.3 is 0 Å². The number of rotatable bonds is 6. The summed E-state index contributed by atoms with van der Waals surface area (Å²) in [5.74, 6) is 0. The van der Waals surface area contributed by atoms with Crippen LogP contribution < -0.4 is 5.32 Å². The molecule has 0 aliphatic carbocycles. The van der Waals surface area contributed by atoms with Gasteiger partial charge in [-0.15, -0.1) is 11.3 Å². The Morgan fingerprint density at radius 2 is 2.05 bits per heavy atom. The molecule has 0 spiro atoms. The molecule has 1 aromatic heterocycles. The van der Waals surface area contributed by atoms with Gasteiger partial charge in [-0.2, -0.15) is 0 Å². The van der Waals surface area contributed by atoms with E-state index in [0.29, 0.717) is 0 Å². The molecule has 1 unspecified atom stereocenters. The minimum atomic E-state index is -0.237. The first kappa shape index (κ1) is 14.5. The third kappa shape index (κ3) is 4.03. The van der Waals surface area contributed by atoms with Gasteiger partial charge in [-0.3, -0.25) is 0 Å². The van der Waals surface area contributed by atoms with Crippen LogP contribution in [0.25, 0.3) is 10.1 Å². The largest absolute Gasteiger partial charge is 0.393 e. The molecular weight excluding hydrogens is 254 g/mol. The molecule has 0 saturated heterocycles. The number of benzene rings is 1. The SMILES string of the molecule is CC(O)CC(C)(C)CNCc1csc2ccccc12. The number of hydrogen-bond donors (Lipinski definition) is 2. The average molecular weight is 277 g/mol. The monoisotopic (exact) mass is 277 g/mol. The van der Waals surface area contributed by atoms with Crippen molar-refractivity contribution in [3.05, 3.63) is 35.2 Å². The Balaban J connectivity index is 1.92. The van der Waals surface area contributed by atoms with Crippen LogP contribution in [-0.2, 0) is 6.54 Å². The summed E-state index contributed by atoms with van der Waals surface area (Å²) in [4.78, 5) is 0. The van der Waals surface area contributed by atoms with E-state index in [-0.39, 0.29) is 11.5 Å². The van der Waals surface area contributed by atoms with E-state index in [2.05, 4.69) is 48.8 Å². The van der Waals surface area contributed by atoms with E-state index < -0.39 is 0 Å². The van der Waals surface area contributed by atoms with Gasteiger partial charge < -0.3 is 10.4 Å². The van der Waals surface area contributed by atoms with Crippen molar-refractivity contribution in [2.45, 2.75) is 39.8 Å². The molecule has 1 heterocycles. The summed E-state index contributed by atoms with van der Waals surface area (Å²) in [6.07, 6.45) is 0.587. The zero-order valence-electron chi connectivity index (χ0n) is 11.9. The number of hydrogen-bond acceptors (Lipinski definition) is 3. The lowest BCUT2D eigenvalue weighted by Gasteiger charge is -2.26. The zero-order chi connectivity index (χ0) is 13.9. The van der Waals surface area contributed by atoms with Gasteiger partial charge in [0.1, 0.15) is 0 Å². The van der Waals surface area contributed by atoms with Gasteiger partial charge in [-0.1, -0.05) is 32.0 Å². The summed E-state index contributed by atoms with van der Waals surface area (Å²) in [7, 11) is 0. The second-order valence-electron chi connectivity index (χ2n) is 6.08. The van der Waals surface area contributed by atoms with E-state index >= 15 is 0 Å². The van der Waals surface area contributed by atoms with E-state index in [1.807, 2.05) is 6.92 Å². The highest BCUT2D eigenvalue weighted by molar-refractivity contribution is 7.17. The quantitative estimate of drug-likeness (QED) is 0.842. The molecule has 0 aliphatic heterocycles. The van der Waals surface area contributed by atoms with Crippen molar-refractivity contribution in [1.82, 2.24) is 5.32 Å². The first-order valence-electron chi connectivity index (χ1n) is 6.82. The topological polar surface area (TPSA) is 32.3 Å². The molecule has 1 atom stereocenters. The molecule has 0 amide bonds. The van der Waals surface area contributed by atoms with Crippen molar-refractivity contribution >= 4 is 21.4 Å². The standard InChI is InChI=1S/C16H23NOS/c1-12(18)8-16(2,3)11-17-9-13-10-19-15-7-5-4-6-14(13)15/h4-7,10,12,17-18H,8-9,11H2,1-3H3. The molecule has 0 bridgehead atoms. The van der Waals surface area contributed by atoms with Crippen LogP contribution in [0.15, 0.2) is 29.6 Å². The minimum Gasteiger partial charge on any atom is -0.393 e. The van der Waals surface area contributed by atoms with Crippen LogP contribution in [0.1, 0.15) is 32.8 Å². The van der Waals surface area contributed by atoms with Crippen molar-refractivity contribution in [1.29, 1.82) is 0 Å².